The molecule has 1 N–H and O–H groups in total. The Balaban J connectivity index is 1.35. The molecule has 0 radical (unpaired) electrons. The number of likely N-dealkylation sites (tertiary alicyclic amines) is 1. The molecular weight excluding hydrogens is 403 g/mol. The van der Waals surface area contributed by atoms with E-state index in [2.05, 4.69) is 10.2 Å². The second-order valence-corrected chi connectivity index (χ2v) is 9.23. The van der Waals surface area contributed by atoms with Gasteiger partial charge >= 0.3 is 0 Å². The number of benzene rings is 2. The highest BCUT2D eigenvalue weighted by Gasteiger charge is 2.41. The van der Waals surface area contributed by atoms with E-state index in [1.165, 1.54) is 50.9 Å². The maximum atomic E-state index is 13.5. The number of hydrogen-bond acceptors (Lipinski definition) is 3. The zero-order chi connectivity index (χ0) is 22.2. The molecule has 2 fully saturated rings. The number of rotatable bonds is 7. The minimum absolute atomic E-state index is 0.00126. The topological polar surface area (TPSA) is 41.6 Å². The highest BCUT2D eigenvalue weighted by molar-refractivity contribution is 5.99. The first kappa shape index (κ1) is 22.8. The van der Waals surface area contributed by atoms with Gasteiger partial charge in [0.1, 0.15) is 18.2 Å². The van der Waals surface area contributed by atoms with Crippen LogP contribution in [-0.2, 0) is 10.2 Å². The average molecular weight is 439 g/mol. The van der Waals surface area contributed by atoms with Gasteiger partial charge < -0.3 is 10.1 Å². The van der Waals surface area contributed by atoms with E-state index in [4.69, 9.17) is 4.74 Å². The summed E-state index contributed by atoms with van der Waals surface area (Å²) in [5.74, 6) is 0.550. The van der Waals surface area contributed by atoms with Gasteiger partial charge in [0, 0.05) is 12.2 Å². The molecule has 2 aromatic carbocycles. The lowest BCUT2D eigenvalue weighted by Crippen LogP contribution is -2.42. The van der Waals surface area contributed by atoms with Crippen molar-refractivity contribution in [1.82, 2.24) is 4.90 Å². The van der Waals surface area contributed by atoms with Crippen molar-refractivity contribution in [2.24, 2.45) is 0 Å². The highest BCUT2D eigenvalue weighted by atomic mass is 19.1. The normalized spacial score (nSPS) is 19.2. The molecule has 1 saturated heterocycles. The number of amides is 1. The zero-order valence-electron chi connectivity index (χ0n) is 19.0. The minimum atomic E-state index is -0.589. The van der Waals surface area contributed by atoms with Crippen molar-refractivity contribution in [3.63, 3.8) is 0 Å². The summed E-state index contributed by atoms with van der Waals surface area (Å²) in [5.41, 5.74) is 1.08. The number of anilines is 1. The Labute approximate surface area is 191 Å². The summed E-state index contributed by atoms with van der Waals surface area (Å²) < 4.78 is 19.4. The number of carbonyl (C=O) groups excluding carboxylic acids is 1. The molecule has 1 saturated carbocycles. The van der Waals surface area contributed by atoms with E-state index >= 15 is 0 Å². The molecular formula is C27H35FN2O2. The summed E-state index contributed by atoms with van der Waals surface area (Å²) in [5, 5.41) is 3.11. The number of carbonyl (C=O) groups is 1. The van der Waals surface area contributed by atoms with Gasteiger partial charge in [-0.05, 0) is 80.7 Å². The van der Waals surface area contributed by atoms with Crippen LogP contribution in [0.15, 0.2) is 48.5 Å². The van der Waals surface area contributed by atoms with Crippen molar-refractivity contribution in [3.8, 4) is 5.75 Å². The van der Waals surface area contributed by atoms with E-state index in [1.54, 1.807) is 12.1 Å². The van der Waals surface area contributed by atoms with Gasteiger partial charge in [-0.1, -0.05) is 44.2 Å². The Hall–Kier alpha value is -2.40. The number of nitrogens with one attached hydrogen (secondary N) is 1. The molecule has 1 aliphatic carbocycles. The van der Waals surface area contributed by atoms with Crippen LogP contribution < -0.4 is 10.1 Å². The summed E-state index contributed by atoms with van der Waals surface area (Å²) in [6, 6.07) is 14.1. The number of hydrogen-bond donors (Lipinski definition) is 1. The largest absolute Gasteiger partial charge is 0.492 e. The fraction of sp³-hybridized carbons (Fsp3) is 0.519. The Morgan fingerprint density at radius 3 is 2.16 bits per heavy atom. The first-order chi connectivity index (χ1) is 15.7. The van der Waals surface area contributed by atoms with Crippen molar-refractivity contribution in [1.29, 1.82) is 0 Å². The van der Waals surface area contributed by atoms with Crippen molar-refractivity contribution in [3.05, 3.63) is 59.9 Å². The summed E-state index contributed by atoms with van der Waals surface area (Å²) in [6.07, 6.45) is 9.99. The van der Waals surface area contributed by atoms with E-state index in [0.29, 0.717) is 6.61 Å². The van der Waals surface area contributed by atoms with Gasteiger partial charge in [-0.15, -0.1) is 0 Å². The number of nitrogens with zero attached hydrogens (tertiary/aromatic N) is 1. The molecule has 2 aliphatic rings. The molecule has 0 bridgehead atoms. The van der Waals surface area contributed by atoms with Crippen molar-refractivity contribution in [2.75, 3.05) is 31.6 Å². The standard InChI is InChI=1S/C27H35FN2O2/c28-23-10-8-22(9-11-23)27(16-4-3-5-17-27)26(31)29-24-12-14-25(15-13-24)32-21-20-30-18-6-1-2-7-19-30/h8-15H,1-7,16-21H2,(H,29,31). The first-order valence-electron chi connectivity index (χ1n) is 12.2. The molecule has 1 amide bonds. The van der Waals surface area contributed by atoms with Gasteiger partial charge in [-0.3, -0.25) is 9.69 Å². The summed E-state index contributed by atoms with van der Waals surface area (Å²) in [7, 11) is 0. The Bertz CT molecular complexity index is 852. The Morgan fingerprint density at radius 2 is 1.50 bits per heavy atom. The predicted molar refractivity (Wildman–Crippen MR) is 127 cm³/mol. The fourth-order valence-electron chi connectivity index (χ4n) is 5.11. The monoisotopic (exact) mass is 438 g/mol. The third-order valence-electron chi connectivity index (χ3n) is 7.03. The second-order valence-electron chi connectivity index (χ2n) is 9.23. The van der Waals surface area contributed by atoms with E-state index in [-0.39, 0.29) is 11.7 Å². The van der Waals surface area contributed by atoms with Crippen LogP contribution in [0.3, 0.4) is 0 Å². The number of ether oxygens (including phenoxy) is 1. The smallest absolute Gasteiger partial charge is 0.235 e. The van der Waals surface area contributed by atoms with Crippen LogP contribution >= 0.6 is 0 Å². The van der Waals surface area contributed by atoms with E-state index < -0.39 is 5.41 Å². The summed E-state index contributed by atoms with van der Waals surface area (Å²) >= 11 is 0. The molecule has 5 heteroatoms. The predicted octanol–water partition coefficient (Wildman–Crippen LogP) is 5.92. The third kappa shape index (κ3) is 5.69. The number of halogens is 1. The van der Waals surface area contributed by atoms with Gasteiger partial charge in [-0.2, -0.15) is 0 Å². The van der Waals surface area contributed by atoms with E-state index in [1.807, 2.05) is 24.3 Å². The van der Waals surface area contributed by atoms with E-state index in [9.17, 15) is 9.18 Å². The minimum Gasteiger partial charge on any atom is -0.492 e. The zero-order valence-corrected chi connectivity index (χ0v) is 19.0. The molecule has 172 valence electrons. The van der Waals surface area contributed by atoms with Gasteiger partial charge in [-0.25, -0.2) is 4.39 Å². The maximum absolute atomic E-state index is 13.5. The van der Waals surface area contributed by atoms with Crippen LogP contribution in [0.5, 0.6) is 5.75 Å². The van der Waals surface area contributed by atoms with Gasteiger partial charge in [0.05, 0.1) is 5.41 Å². The Morgan fingerprint density at radius 1 is 0.875 bits per heavy atom. The van der Waals surface area contributed by atoms with Crippen molar-refractivity contribution < 1.29 is 13.9 Å². The van der Waals surface area contributed by atoms with Crippen LogP contribution in [-0.4, -0.2) is 37.0 Å². The molecule has 0 spiro atoms. The molecule has 1 aliphatic heterocycles. The second kappa shape index (κ2) is 11.0. The first-order valence-corrected chi connectivity index (χ1v) is 12.2. The van der Waals surface area contributed by atoms with Crippen LogP contribution in [0.2, 0.25) is 0 Å². The quantitative estimate of drug-likeness (QED) is 0.583. The van der Waals surface area contributed by atoms with Gasteiger partial charge in [0.15, 0.2) is 0 Å². The highest BCUT2D eigenvalue weighted by Crippen LogP contribution is 2.40. The third-order valence-corrected chi connectivity index (χ3v) is 7.03. The Kier molecular flexibility index (Phi) is 7.80. The molecule has 0 aromatic heterocycles. The lowest BCUT2D eigenvalue weighted by atomic mass is 9.68. The van der Waals surface area contributed by atoms with Crippen molar-refractivity contribution >= 4 is 11.6 Å². The molecule has 4 nitrogen and oxygen atoms in total. The van der Waals surface area contributed by atoms with Gasteiger partial charge in [0.25, 0.3) is 0 Å². The van der Waals surface area contributed by atoms with Crippen molar-refractivity contribution in [2.45, 2.75) is 63.2 Å². The molecule has 2 aromatic rings. The summed E-state index contributed by atoms with van der Waals surface area (Å²) in [4.78, 5) is 15.9. The van der Waals surface area contributed by atoms with Gasteiger partial charge in [0.2, 0.25) is 5.91 Å². The fourth-order valence-corrected chi connectivity index (χ4v) is 5.11. The molecule has 0 unspecified atom stereocenters. The molecule has 4 rings (SSSR count). The van der Waals surface area contributed by atoms with Crippen LogP contribution in [0.4, 0.5) is 10.1 Å². The maximum Gasteiger partial charge on any atom is 0.235 e. The SMILES string of the molecule is O=C(Nc1ccc(OCCN2CCCCCC2)cc1)C1(c2ccc(F)cc2)CCCCC1. The molecule has 32 heavy (non-hydrogen) atoms. The van der Waals surface area contributed by atoms with E-state index in [0.717, 1.165) is 55.6 Å². The summed E-state index contributed by atoms with van der Waals surface area (Å²) in [6.45, 7) is 3.98. The lowest BCUT2D eigenvalue weighted by Gasteiger charge is -2.36. The average Bonchev–Trinajstić information content (AvgIpc) is 3.10. The molecule has 1 heterocycles. The van der Waals surface area contributed by atoms with Crippen LogP contribution in [0, 0.1) is 5.82 Å². The lowest BCUT2D eigenvalue weighted by molar-refractivity contribution is -0.122. The molecule has 0 atom stereocenters. The van der Waals surface area contributed by atoms with Crippen LogP contribution in [0.1, 0.15) is 63.4 Å². The van der Waals surface area contributed by atoms with Crippen LogP contribution in [0.25, 0.3) is 0 Å².